The maximum atomic E-state index is 12.1. The fraction of sp³-hybridized carbons (Fsp3) is 0.765. The summed E-state index contributed by atoms with van der Waals surface area (Å²) in [6.45, 7) is 6.26. The van der Waals surface area contributed by atoms with E-state index in [9.17, 15) is 9.59 Å². The fourth-order valence-electron chi connectivity index (χ4n) is 2.85. The van der Waals surface area contributed by atoms with Gasteiger partial charge in [-0.05, 0) is 25.2 Å². The van der Waals surface area contributed by atoms with E-state index in [1.165, 1.54) is 37.4 Å². The number of urea groups is 1. The van der Waals surface area contributed by atoms with Crippen LogP contribution in [0.25, 0.3) is 0 Å². The Kier molecular flexibility index (Phi) is 7.74. The van der Waals surface area contributed by atoms with Crippen LogP contribution in [0.4, 0.5) is 4.79 Å². The van der Waals surface area contributed by atoms with E-state index in [0.29, 0.717) is 17.6 Å². The maximum absolute atomic E-state index is 12.1. The Morgan fingerprint density at radius 2 is 2.00 bits per heavy atom. The molecule has 0 aromatic carbocycles. The van der Waals surface area contributed by atoms with E-state index in [2.05, 4.69) is 25.8 Å². The molecule has 1 aromatic heterocycles. The first-order valence-corrected chi connectivity index (χ1v) is 9.98. The lowest BCUT2D eigenvalue weighted by Gasteiger charge is -2.11. The summed E-state index contributed by atoms with van der Waals surface area (Å²) in [5, 5.41) is 12.2. The highest BCUT2D eigenvalue weighted by Gasteiger charge is 2.20. The van der Waals surface area contributed by atoms with E-state index < -0.39 is 11.3 Å². The number of carbonyl (C=O) groups is 2. The van der Waals surface area contributed by atoms with E-state index in [4.69, 9.17) is 0 Å². The lowest BCUT2D eigenvalue weighted by Crippen LogP contribution is -2.43. The van der Waals surface area contributed by atoms with E-state index in [1.54, 1.807) is 6.92 Å². The number of nitrogens with zero attached hydrogens (tertiary/aromatic N) is 2. The Balaban J connectivity index is 1.72. The standard InChI is InChI=1S/C17H29N5O2S/c1-11(2)10-18-16(24)20-15(23)12(3)25-17-19-14(21-22-17)9-8-13-6-4-5-7-13/h11-13H,4-10H2,1-3H3,(H,19,21,22)(H2,18,20,23,24). The zero-order valence-corrected chi connectivity index (χ0v) is 16.1. The number of carbonyl (C=O) groups excluding carboxylic acids is 2. The summed E-state index contributed by atoms with van der Waals surface area (Å²) in [5.74, 6) is 1.68. The van der Waals surface area contributed by atoms with Gasteiger partial charge in [-0.2, -0.15) is 0 Å². The molecule has 2 rings (SSSR count). The second-order valence-corrected chi connectivity index (χ2v) is 8.41. The minimum atomic E-state index is -0.460. The van der Waals surface area contributed by atoms with Crippen molar-refractivity contribution in [1.82, 2.24) is 25.8 Å². The zero-order valence-electron chi connectivity index (χ0n) is 15.3. The van der Waals surface area contributed by atoms with E-state index in [-0.39, 0.29) is 5.91 Å². The quantitative estimate of drug-likeness (QED) is 0.614. The zero-order chi connectivity index (χ0) is 18.2. The first-order chi connectivity index (χ1) is 11.9. The monoisotopic (exact) mass is 367 g/mol. The maximum Gasteiger partial charge on any atom is 0.321 e. The van der Waals surface area contributed by atoms with Gasteiger partial charge in [0.1, 0.15) is 5.82 Å². The molecular weight excluding hydrogens is 338 g/mol. The lowest BCUT2D eigenvalue weighted by atomic mass is 10.0. The van der Waals surface area contributed by atoms with Gasteiger partial charge in [0.05, 0.1) is 5.25 Å². The number of aromatic nitrogens is 3. The fourth-order valence-corrected chi connectivity index (χ4v) is 3.59. The molecule has 0 saturated heterocycles. The van der Waals surface area contributed by atoms with Gasteiger partial charge >= 0.3 is 6.03 Å². The van der Waals surface area contributed by atoms with Crippen LogP contribution in [0.2, 0.25) is 0 Å². The normalized spacial score (nSPS) is 16.2. The molecule has 1 heterocycles. The molecule has 1 aromatic rings. The van der Waals surface area contributed by atoms with Crippen molar-refractivity contribution in [2.24, 2.45) is 11.8 Å². The van der Waals surface area contributed by atoms with Crippen LogP contribution in [0, 0.1) is 11.8 Å². The number of aryl methyl sites for hydroxylation is 1. The molecule has 8 heteroatoms. The molecule has 0 spiro atoms. The van der Waals surface area contributed by atoms with Gasteiger partial charge in [-0.25, -0.2) is 9.78 Å². The Labute approximate surface area is 153 Å². The van der Waals surface area contributed by atoms with Crippen LogP contribution in [-0.4, -0.2) is 38.9 Å². The van der Waals surface area contributed by atoms with E-state index in [0.717, 1.165) is 24.6 Å². The second-order valence-electron chi connectivity index (χ2n) is 7.11. The number of rotatable bonds is 8. The molecule has 3 amide bonds. The molecule has 140 valence electrons. The molecule has 3 N–H and O–H groups in total. The van der Waals surface area contributed by atoms with Crippen molar-refractivity contribution < 1.29 is 9.59 Å². The largest absolute Gasteiger partial charge is 0.338 e. The van der Waals surface area contributed by atoms with E-state index >= 15 is 0 Å². The summed E-state index contributed by atoms with van der Waals surface area (Å²) >= 11 is 1.25. The number of thioether (sulfide) groups is 1. The summed E-state index contributed by atoms with van der Waals surface area (Å²) in [4.78, 5) is 28.1. The third-order valence-corrected chi connectivity index (χ3v) is 5.30. The van der Waals surface area contributed by atoms with Crippen LogP contribution in [-0.2, 0) is 11.2 Å². The topological polar surface area (TPSA) is 99.8 Å². The number of nitrogens with one attached hydrogen (secondary N) is 3. The Morgan fingerprint density at radius 3 is 2.68 bits per heavy atom. The predicted octanol–water partition coefficient (Wildman–Crippen LogP) is 2.89. The van der Waals surface area contributed by atoms with Crippen molar-refractivity contribution in [3.63, 3.8) is 0 Å². The number of aromatic amines is 1. The van der Waals surface area contributed by atoms with Gasteiger partial charge in [-0.1, -0.05) is 51.3 Å². The van der Waals surface area contributed by atoms with Gasteiger partial charge in [0.25, 0.3) is 0 Å². The average Bonchev–Trinajstić information content (AvgIpc) is 3.22. The molecule has 0 aliphatic heterocycles. The first kappa shape index (κ1) is 19.8. The molecular formula is C17H29N5O2S. The molecule has 1 aliphatic carbocycles. The summed E-state index contributed by atoms with van der Waals surface area (Å²) < 4.78 is 0. The molecule has 0 bridgehead atoms. The molecule has 1 unspecified atom stereocenters. The molecule has 1 saturated carbocycles. The average molecular weight is 368 g/mol. The number of amides is 3. The predicted molar refractivity (Wildman–Crippen MR) is 98.4 cm³/mol. The van der Waals surface area contributed by atoms with Crippen LogP contribution in [0.1, 0.15) is 58.7 Å². The van der Waals surface area contributed by atoms with Gasteiger partial charge < -0.3 is 5.32 Å². The lowest BCUT2D eigenvalue weighted by molar-refractivity contribution is -0.119. The third-order valence-electron chi connectivity index (χ3n) is 4.33. The Morgan fingerprint density at radius 1 is 1.28 bits per heavy atom. The van der Waals surface area contributed by atoms with Crippen LogP contribution in [0.3, 0.4) is 0 Å². The third kappa shape index (κ3) is 7.05. The van der Waals surface area contributed by atoms with Crippen molar-refractivity contribution in [1.29, 1.82) is 0 Å². The van der Waals surface area contributed by atoms with Crippen molar-refractivity contribution >= 4 is 23.7 Å². The molecule has 7 nitrogen and oxygen atoms in total. The number of H-pyrrole nitrogens is 1. The van der Waals surface area contributed by atoms with Crippen LogP contribution >= 0.6 is 11.8 Å². The first-order valence-electron chi connectivity index (χ1n) is 9.10. The second kappa shape index (κ2) is 9.79. The summed E-state index contributed by atoms with van der Waals surface area (Å²) in [5.41, 5.74) is 0. The van der Waals surface area contributed by atoms with E-state index in [1.807, 2.05) is 13.8 Å². The van der Waals surface area contributed by atoms with Gasteiger partial charge in [0.15, 0.2) is 0 Å². The van der Waals surface area contributed by atoms with Gasteiger partial charge in [-0.3, -0.25) is 15.2 Å². The summed E-state index contributed by atoms with van der Waals surface area (Å²) in [7, 11) is 0. The molecule has 1 aliphatic rings. The van der Waals surface area contributed by atoms with Gasteiger partial charge in [0, 0.05) is 13.0 Å². The van der Waals surface area contributed by atoms with Crippen LogP contribution < -0.4 is 10.6 Å². The van der Waals surface area contributed by atoms with Crippen LogP contribution in [0.15, 0.2) is 5.16 Å². The SMILES string of the molecule is CC(C)CNC(=O)NC(=O)C(C)Sc1n[nH]c(CCC2CCCC2)n1. The van der Waals surface area contributed by atoms with Crippen molar-refractivity contribution in [2.75, 3.05) is 6.54 Å². The highest BCUT2D eigenvalue weighted by Crippen LogP contribution is 2.28. The number of hydrogen-bond acceptors (Lipinski definition) is 5. The number of hydrogen-bond donors (Lipinski definition) is 3. The smallest absolute Gasteiger partial charge is 0.321 e. The number of imide groups is 1. The Bertz CT molecular complexity index is 569. The summed E-state index contributed by atoms with van der Waals surface area (Å²) in [6, 6.07) is -0.460. The molecule has 0 radical (unpaired) electrons. The molecule has 25 heavy (non-hydrogen) atoms. The molecule has 1 atom stereocenters. The highest BCUT2D eigenvalue weighted by atomic mass is 32.2. The van der Waals surface area contributed by atoms with Crippen molar-refractivity contribution in [3.8, 4) is 0 Å². The van der Waals surface area contributed by atoms with Crippen molar-refractivity contribution in [2.45, 2.75) is 69.7 Å². The Hall–Kier alpha value is -1.57. The highest BCUT2D eigenvalue weighted by molar-refractivity contribution is 8.00. The minimum absolute atomic E-state index is 0.337. The summed E-state index contributed by atoms with van der Waals surface area (Å²) in [6.07, 6.45) is 7.39. The molecule has 1 fully saturated rings. The van der Waals surface area contributed by atoms with Gasteiger partial charge in [-0.15, -0.1) is 5.10 Å². The van der Waals surface area contributed by atoms with Crippen molar-refractivity contribution in [3.05, 3.63) is 5.82 Å². The minimum Gasteiger partial charge on any atom is -0.338 e. The van der Waals surface area contributed by atoms with Crippen LogP contribution in [0.5, 0.6) is 0 Å². The van der Waals surface area contributed by atoms with Gasteiger partial charge in [0.2, 0.25) is 11.1 Å².